The molecule has 3 N–H and O–H groups in total. The van der Waals surface area contributed by atoms with Crippen molar-refractivity contribution >= 4 is 29.3 Å². The molecule has 6 heteroatoms. The number of nitrogens with two attached hydrogens (primary N) is 1. The predicted octanol–water partition coefficient (Wildman–Crippen LogP) is 1.67. The number of pyridine rings is 1. The third-order valence-corrected chi connectivity index (χ3v) is 3.00. The first-order chi connectivity index (χ1) is 8.09. The third kappa shape index (κ3) is 2.36. The van der Waals surface area contributed by atoms with Crippen LogP contribution in [0, 0.1) is 11.7 Å². The zero-order chi connectivity index (χ0) is 12.4. The van der Waals surface area contributed by atoms with Gasteiger partial charge >= 0.3 is 0 Å². The Balaban J connectivity index is 2.34. The number of nitrogens with one attached hydrogen (secondary N) is 1. The van der Waals surface area contributed by atoms with E-state index in [0.29, 0.717) is 24.2 Å². The smallest absolute Gasteiger partial charge is 0.217 e. The van der Waals surface area contributed by atoms with Crippen LogP contribution in [0.5, 0.6) is 0 Å². The van der Waals surface area contributed by atoms with Crippen molar-refractivity contribution in [2.45, 2.75) is 26.3 Å². The highest BCUT2D eigenvalue weighted by atomic mass is 32.1. The fraction of sp³-hybridized carbons (Fsp3) is 0.364. The molecule has 0 spiro atoms. The number of aromatic nitrogens is 3. The van der Waals surface area contributed by atoms with Crippen molar-refractivity contribution in [2.24, 2.45) is 5.73 Å². The number of H-pyrrole nitrogens is 1. The lowest BCUT2D eigenvalue weighted by molar-refractivity contribution is -0.118. The van der Waals surface area contributed by atoms with E-state index < -0.39 is 0 Å². The summed E-state index contributed by atoms with van der Waals surface area (Å²) >= 11 is 5.24. The minimum atomic E-state index is -0.291. The topological polar surface area (TPSA) is 76.7 Å². The number of hydrogen-bond donors (Lipinski definition) is 2. The van der Waals surface area contributed by atoms with Gasteiger partial charge in [0.05, 0.1) is 5.52 Å². The summed E-state index contributed by atoms with van der Waals surface area (Å²) in [6.45, 7) is 2.65. The Bertz CT molecular complexity index is 613. The summed E-state index contributed by atoms with van der Waals surface area (Å²) in [5.74, 6) is -0.291. The van der Waals surface area contributed by atoms with E-state index in [4.69, 9.17) is 18.0 Å². The first-order valence-electron chi connectivity index (χ1n) is 5.42. The van der Waals surface area contributed by atoms with Gasteiger partial charge in [-0.15, -0.1) is 0 Å². The van der Waals surface area contributed by atoms with E-state index in [0.717, 1.165) is 16.7 Å². The van der Waals surface area contributed by atoms with Gasteiger partial charge in [0.2, 0.25) is 5.91 Å². The third-order valence-electron chi connectivity index (χ3n) is 2.68. The molecule has 2 aromatic heterocycles. The van der Waals surface area contributed by atoms with Gasteiger partial charge < -0.3 is 15.3 Å². The highest BCUT2D eigenvalue weighted by Gasteiger charge is 2.07. The zero-order valence-corrected chi connectivity index (χ0v) is 10.4. The van der Waals surface area contributed by atoms with E-state index in [2.05, 4.69) is 9.97 Å². The number of carbonyl (C=O) groups excluding carboxylic acids is 1. The number of carbonyl (C=O) groups is 1. The van der Waals surface area contributed by atoms with Gasteiger partial charge in [0.25, 0.3) is 0 Å². The fourth-order valence-corrected chi connectivity index (χ4v) is 2.07. The first-order valence-corrected chi connectivity index (χ1v) is 5.83. The molecular formula is C11H14N4OS. The van der Waals surface area contributed by atoms with E-state index in [9.17, 15) is 4.79 Å². The second-order valence-corrected chi connectivity index (χ2v) is 4.36. The summed E-state index contributed by atoms with van der Waals surface area (Å²) < 4.78 is 2.53. The molecule has 0 aliphatic carbocycles. The molecule has 0 aliphatic rings. The Hall–Kier alpha value is -1.69. The molecule has 0 bridgehead atoms. The number of primary amides is 1. The molecule has 0 fully saturated rings. The maximum absolute atomic E-state index is 10.7. The number of hydrogen-bond acceptors (Lipinski definition) is 3. The van der Waals surface area contributed by atoms with Crippen LogP contribution in [0.2, 0.25) is 0 Å². The van der Waals surface area contributed by atoms with Crippen LogP contribution < -0.4 is 5.73 Å². The van der Waals surface area contributed by atoms with Crippen LogP contribution in [-0.2, 0) is 11.3 Å². The predicted molar refractivity (Wildman–Crippen MR) is 68.1 cm³/mol. The van der Waals surface area contributed by atoms with Crippen molar-refractivity contribution in [3.05, 3.63) is 22.6 Å². The molecular weight excluding hydrogens is 236 g/mol. The van der Waals surface area contributed by atoms with Crippen LogP contribution in [0.15, 0.2) is 12.3 Å². The fourth-order valence-electron chi connectivity index (χ4n) is 1.79. The van der Waals surface area contributed by atoms with E-state index >= 15 is 0 Å². The maximum atomic E-state index is 10.7. The van der Waals surface area contributed by atoms with E-state index in [1.54, 1.807) is 6.20 Å². The van der Waals surface area contributed by atoms with Crippen LogP contribution in [0.4, 0.5) is 0 Å². The monoisotopic (exact) mass is 250 g/mol. The molecule has 0 atom stereocenters. The van der Waals surface area contributed by atoms with Gasteiger partial charge in [-0.1, -0.05) is 0 Å². The van der Waals surface area contributed by atoms with Gasteiger partial charge in [0, 0.05) is 19.2 Å². The summed E-state index contributed by atoms with van der Waals surface area (Å²) in [6.07, 6.45) is 2.79. The molecule has 0 aromatic carbocycles. The SMILES string of the molecule is Cc1ccnc2c1[nH]c(=S)n2CCCC(N)=O. The molecule has 90 valence electrons. The summed E-state index contributed by atoms with van der Waals surface area (Å²) in [4.78, 5) is 18.1. The van der Waals surface area contributed by atoms with Crippen molar-refractivity contribution in [2.75, 3.05) is 0 Å². The molecule has 0 radical (unpaired) electrons. The summed E-state index contributed by atoms with van der Waals surface area (Å²) in [5, 5.41) is 0. The van der Waals surface area contributed by atoms with Crippen LogP contribution in [0.25, 0.3) is 11.2 Å². The maximum Gasteiger partial charge on any atom is 0.217 e. The number of aromatic amines is 1. The van der Waals surface area contributed by atoms with E-state index in [1.807, 2.05) is 17.6 Å². The quantitative estimate of drug-likeness (QED) is 0.810. The number of rotatable bonds is 4. The number of amides is 1. The molecule has 5 nitrogen and oxygen atoms in total. The van der Waals surface area contributed by atoms with Crippen molar-refractivity contribution in [1.82, 2.24) is 14.5 Å². The largest absolute Gasteiger partial charge is 0.370 e. The minimum absolute atomic E-state index is 0.291. The molecule has 2 rings (SSSR count). The molecule has 0 saturated carbocycles. The lowest BCUT2D eigenvalue weighted by Gasteiger charge is -2.02. The Morgan fingerprint density at radius 1 is 1.65 bits per heavy atom. The molecule has 0 unspecified atom stereocenters. The van der Waals surface area contributed by atoms with E-state index in [-0.39, 0.29) is 5.91 Å². The van der Waals surface area contributed by atoms with Gasteiger partial charge in [-0.05, 0) is 37.2 Å². The number of aryl methyl sites for hydroxylation is 2. The molecule has 1 amide bonds. The van der Waals surface area contributed by atoms with Crippen molar-refractivity contribution in [3.8, 4) is 0 Å². The highest BCUT2D eigenvalue weighted by molar-refractivity contribution is 7.71. The van der Waals surface area contributed by atoms with Crippen LogP contribution >= 0.6 is 12.2 Å². The van der Waals surface area contributed by atoms with Crippen LogP contribution in [0.3, 0.4) is 0 Å². The van der Waals surface area contributed by atoms with Gasteiger partial charge in [0.15, 0.2) is 10.4 Å². The number of imidazole rings is 1. The number of nitrogens with zero attached hydrogens (tertiary/aromatic N) is 2. The molecule has 0 aliphatic heterocycles. The standard InChI is InChI=1S/C11H14N4OS/c1-7-4-5-13-10-9(7)14-11(17)15(10)6-2-3-8(12)16/h4-5H,2-3,6H2,1H3,(H2,12,16)(H,14,17). The Kier molecular flexibility index (Phi) is 3.23. The molecule has 0 saturated heterocycles. The van der Waals surface area contributed by atoms with Crippen molar-refractivity contribution in [1.29, 1.82) is 0 Å². The summed E-state index contributed by atoms with van der Waals surface area (Å²) in [7, 11) is 0. The average Bonchev–Trinajstić information content (AvgIpc) is 2.57. The Morgan fingerprint density at radius 2 is 2.41 bits per heavy atom. The normalized spacial score (nSPS) is 10.9. The van der Waals surface area contributed by atoms with E-state index in [1.165, 1.54) is 0 Å². The minimum Gasteiger partial charge on any atom is -0.370 e. The zero-order valence-electron chi connectivity index (χ0n) is 9.56. The molecule has 2 aromatic rings. The van der Waals surface area contributed by atoms with Gasteiger partial charge in [0.1, 0.15) is 0 Å². The molecule has 17 heavy (non-hydrogen) atoms. The summed E-state index contributed by atoms with van der Waals surface area (Å²) in [6, 6.07) is 1.93. The van der Waals surface area contributed by atoms with Crippen LogP contribution in [-0.4, -0.2) is 20.4 Å². The highest BCUT2D eigenvalue weighted by Crippen LogP contribution is 2.15. The number of fused-ring (bicyclic) bond motifs is 1. The van der Waals surface area contributed by atoms with Gasteiger partial charge in [-0.3, -0.25) is 4.79 Å². The van der Waals surface area contributed by atoms with Gasteiger partial charge in [-0.2, -0.15) is 0 Å². The lowest BCUT2D eigenvalue weighted by Crippen LogP contribution is -2.11. The van der Waals surface area contributed by atoms with Crippen molar-refractivity contribution < 1.29 is 4.79 Å². The Labute approximate surface area is 104 Å². The van der Waals surface area contributed by atoms with Crippen molar-refractivity contribution in [3.63, 3.8) is 0 Å². The van der Waals surface area contributed by atoms with Crippen LogP contribution in [0.1, 0.15) is 18.4 Å². The lowest BCUT2D eigenvalue weighted by atomic mass is 10.2. The second kappa shape index (κ2) is 4.67. The average molecular weight is 250 g/mol. The first kappa shape index (κ1) is 11.8. The second-order valence-electron chi connectivity index (χ2n) is 3.98. The summed E-state index contributed by atoms with van der Waals surface area (Å²) in [5.41, 5.74) is 8.00. The Morgan fingerprint density at radius 3 is 3.12 bits per heavy atom. The molecule has 2 heterocycles. The van der Waals surface area contributed by atoms with Gasteiger partial charge in [-0.25, -0.2) is 4.98 Å².